The van der Waals surface area contributed by atoms with Crippen LogP contribution in [0.5, 0.6) is 0 Å². The maximum absolute atomic E-state index is 13.1. The van der Waals surface area contributed by atoms with Crippen LogP contribution in [-0.2, 0) is 10.9 Å². The first-order chi connectivity index (χ1) is 18.7. The monoisotopic (exact) mass is 538 g/mol. The molecule has 0 spiro atoms. The average Bonchev–Trinajstić information content (AvgIpc) is 3.34. The molecule has 0 radical (unpaired) electrons. The molecule has 11 heteroatoms. The second-order valence-corrected chi connectivity index (χ2v) is 9.76. The second-order valence-electron chi connectivity index (χ2n) is 9.76. The van der Waals surface area contributed by atoms with Gasteiger partial charge in [0.15, 0.2) is 0 Å². The molecular formula is C28H29F3N6O2. The fraction of sp³-hybridized carbons (Fsp3) is 0.393. The summed E-state index contributed by atoms with van der Waals surface area (Å²) in [5, 5.41) is 16.8. The number of carbonyl (C=O) groups excluding carboxylic acids is 1. The van der Waals surface area contributed by atoms with Gasteiger partial charge in [-0.25, -0.2) is 4.68 Å². The summed E-state index contributed by atoms with van der Waals surface area (Å²) in [5.41, 5.74) is 2.04. The topological polar surface area (TPSA) is 86.4 Å². The molecule has 0 unspecified atom stereocenters. The van der Waals surface area contributed by atoms with Gasteiger partial charge in [-0.2, -0.15) is 23.5 Å². The lowest BCUT2D eigenvalue weighted by atomic mass is 10.0. The first kappa shape index (κ1) is 26.7. The molecule has 2 fully saturated rings. The van der Waals surface area contributed by atoms with Crippen LogP contribution < -0.4 is 10.2 Å². The second kappa shape index (κ2) is 11.1. The van der Waals surface area contributed by atoms with E-state index in [4.69, 9.17) is 4.74 Å². The summed E-state index contributed by atoms with van der Waals surface area (Å²) in [6.07, 6.45) is -0.984. The predicted octanol–water partition coefficient (Wildman–Crippen LogP) is 4.62. The van der Waals surface area contributed by atoms with E-state index in [1.165, 1.54) is 23.0 Å². The molecule has 2 saturated heterocycles. The van der Waals surface area contributed by atoms with E-state index in [9.17, 15) is 23.2 Å². The number of carbonyl (C=O) groups is 1. The van der Waals surface area contributed by atoms with Crippen LogP contribution >= 0.6 is 0 Å². The number of piperidine rings is 1. The molecule has 204 valence electrons. The molecule has 2 aliphatic rings. The third-order valence-corrected chi connectivity index (χ3v) is 7.46. The van der Waals surface area contributed by atoms with Gasteiger partial charge in [0, 0.05) is 37.9 Å². The normalized spacial score (nSPS) is 17.2. The van der Waals surface area contributed by atoms with Crippen LogP contribution in [0.4, 0.5) is 24.5 Å². The van der Waals surface area contributed by atoms with Crippen LogP contribution in [0.2, 0.25) is 0 Å². The van der Waals surface area contributed by atoms with Crippen molar-refractivity contribution in [1.29, 1.82) is 5.26 Å². The zero-order valence-corrected chi connectivity index (χ0v) is 21.5. The number of hydrogen-bond acceptors (Lipinski definition) is 6. The molecule has 0 saturated carbocycles. The molecule has 1 amide bonds. The fourth-order valence-electron chi connectivity index (χ4n) is 5.24. The minimum atomic E-state index is -4.43. The van der Waals surface area contributed by atoms with E-state index in [0.29, 0.717) is 28.7 Å². The van der Waals surface area contributed by atoms with Crippen molar-refractivity contribution in [2.24, 2.45) is 0 Å². The van der Waals surface area contributed by atoms with Crippen LogP contribution in [0, 0.1) is 18.3 Å². The molecule has 3 heterocycles. The summed E-state index contributed by atoms with van der Waals surface area (Å²) in [7, 11) is 0. The van der Waals surface area contributed by atoms with Crippen molar-refractivity contribution < 1.29 is 22.7 Å². The lowest BCUT2D eigenvalue weighted by molar-refractivity contribution is -0.137. The van der Waals surface area contributed by atoms with Gasteiger partial charge in [-0.3, -0.25) is 9.69 Å². The number of benzene rings is 2. The summed E-state index contributed by atoms with van der Waals surface area (Å²) in [6.45, 7) is 6.96. The minimum absolute atomic E-state index is 0.257. The van der Waals surface area contributed by atoms with E-state index >= 15 is 0 Å². The van der Waals surface area contributed by atoms with Crippen molar-refractivity contribution in [3.8, 4) is 11.8 Å². The Balaban J connectivity index is 1.26. The first-order valence-corrected chi connectivity index (χ1v) is 12.9. The molecule has 0 aliphatic carbocycles. The third kappa shape index (κ3) is 5.77. The largest absolute Gasteiger partial charge is 0.416 e. The zero-order valence-electron chi connectivity index (χ0n) is 21.5. The van der Waals surface area contributed by atoms with Gasteiger partial charge in [0.25, 0.3) is 5.91 Å². The Morgan fingerprint density at radius 1 is 1.05 bits per heavy atom. The van der Waals surface area contributed by atoms with Gasteiger partial charge in [0.05, 0.1) is 53.2 Å². The highest BCUT2D eigenvalue weighted by atomic mass is 19.4. The highest BCUT2D eigenvalue weighted by Gasteiger charge is 2.30. The molecule has 0 atom stereocenters. The van der Waals surface area contributed by atoms with E-state index in [1.54, 1.807) is 19.1 Å². The average molecular weight is 539 g/mol. The molecule has 2 aliphatic heterocycles. The van der Waals surface area contributed by atoms with Crippen molar-refractivity contribution in [3.63, 3.8) is 0 Å². The number of anilines is 2. The number of ether oxygens (including phenoxy) is 1. The molecule has 3 aromatic rings. The van der Waals surface area contributed by atoms with E-state index < -0.39 is 17.6 Å². The number of nitrogens with zero attached hydrogens (tertiary/aromatic N) is 5. The number of halogens is 3. The fourth-order valence-corrected chi connectivity index (χ4v) is 5.24. The number of amides is 1. The van der Waals surface area contributed by atoms with Crippen molar-refractivity contribution in [3.05, 3.63) is 71.0 Å². The molecule has 1 N–H and O–H groups in total. The van der Waals surface area contributed by atoms with Gasteiger partial charge in [-0.05, 0) is 62.2 Å². The number of aromatic nitrogens is 2. The van der Waals surface area contributed by atoms with Crippen LogP contribution in [-0.4, -0.2) is 66.0 Å². The Kier molecular flexibility index (Phi) is 7.59. The Bertz CT molecular complexity index is 1370. The zero-order chi connectivity index (χ0) is 27.6. The standard InChI is InChI=1S/C28H29F3N6O2/c1-19-25(18-33-37(19)23-4-2-21(3-5-23)28(29,30)31)27(38)34-26-7-6-24(16-20(26)17-32)35-10-8-22(9-11-35)36-12-14-39-15-13-36/h2-7,16,18,22H,8-15H2,1H3,(H,34,38). The molecular weight excluding hydrogens is 509 g/mol. The van der Waals surface area contributed by atoms with Gasteiger partial charge in [0.2, 0.25) is 0 Å². The molecule has 1 aromatic heterocycles. The molecule has 8 nitrogen and oxygen atoms in total. The van der Waals surface area contributed by atoms with Gasteiger partial charge in [0.1, 0.15) is 6.07 Å². The van der Waals surface area contributed by atoms with Crippen LogP contribution in [0.25, 0.3) is 5.69 Å². The van der Waals surface area contributed by atoms with Crippen molar-refractivity contribution in [2.45, 2.75) is 32.0 Å². The summed E-state index contributed by atoms with van der Waals surface area (Å²) >= 11 is 0. The third-order valence-electron chi connectivity index (χ3n) is 7.46. The van der Waals surface area contributed by atoms with E-state index in [2.05, 4.69) is 26.3 Å². The quantitative estimate of drug-likeness (QED) is 0.510. The Morgan fingerprint density at radius 3 is 2.36 bits per heavy atom. The van der Waals surface area contributed by atoms with Crippen molar-refractivity contribution in [2.75, 3.05) is 49.6 Å². The number of rotatable bonds is 5. The Labute approximate surface area is 224 Å². The molecule has 5 rings (SSSR count). The summed E-state index contributed by atoms with van der Waals surface area (Å²) in [4.78, 5) is 17.8. The van der Waals surface area contributed by atoms with Gasteiger partial charge < -0.3 is 15.0 Å². The Morgan fingerprint density at radius 2 is 1.72 bits per heavy atom. The van der Waals surface area contributed by atoms with Gasteiger partial charge >= 0.3 is 6.18 Å². The maximum atomic E-state index is 13.1. The van der Waals surface area contributed by atoms with Crippen LogP contribution in [0.15, 0.2) is 48.7 Å². The van der Waals surface area contributed by atoms with E-state index in [1.807, 2.05) is 6.07 Å². The van der Waals surface area contributed by atoms with Gasteiger partial charge in [-0.15, -0.1) is 0 Å². The number of nitrogens with one attached hydrogen (secondary N) is 1. The highest BCUT2D eigenvalue weighted by molar-refractivity contribution is 6.05. The number of morpholine rings is 1. The lowest BCUT2D eigenvalue weighted by Gasteiger charge is -2.40. The highest BCUT2D eigenvalue weighted by Crippen LogP contribution is 2.30. The van der Waals surface area contributed by atoms with Crippen molar-refractivity contribution >= 4 is 17.3 Å². The number of alkyl halides is 3. The first-order valence-electron chi connectivity index (χ1n) is 12.9. The van der Waals surface area contributed by atoms with E-state index in [0.717, 1.165) is 70.1 Å². The summed E-state index contributed by atoms with van der Waals surface area (Å²) < 4.78 is 45.5. The number of nitriles is 1. The molecule has 2 aromatic carbocycles. The van der Waals surface area contributed by atoms with Crippen LogP contribution in [0.1, 0.15) is 40.0 Å². The van der Waals surface area contributed by atoms with Crippen molar-refractivity contribution in [1.82, 2.24) is 14.7 Å². The minimum Gasteiger partial charge on any atom is -0.379 e. The summed E-state index contributed by atoms with van der Waals surface area (Å²) in [6, 6.07) is 12.7. The lowest BCUT2D eigenvalue weighted by Crippen LogP contribution is -2.49. The van der Waals surface area contributed by atoms with Crippen LogP contribution in [0.3, 0.4) is 0 Å². The molecule has 0 bridgehead atoms. The number of hydrogen-bond donors (Lipinski definition) is 1. The van der Waals surface area contributed by atoms with Gasteiger partial charge in [-0.1, -0.05) is 0 Å². The molecule has 39 heavy (non-hydrogen) atoms. The Hall–Kier alpha value is -3.88. The van der Waals surface area contributed by atoms with E-state index in [-0.39, 0.29) is 5.56 Å². The predicted molar refractivity (Wildman–Crippen MR) is 140 cm³/mol. The summed E-state index contributed by atoms with van der Waals surface area (Å²) in [5.74, 6) is -0.457. The maximum Gasteiger partial charge on any atom is 0.416 e. The smallest absolute Gasteiger partial charge is 0.379 e. The SMILES string of the molecule is Cc1c(C(=O)Nc2ccc(N3CCC(N4CCOCC4)CC3)cc2C#N)cnn1-c1ccc(C(F)(F)F)cc1.